The van der Waals surface area contributed by atoms with Gasteiger partial charge in [-0.1, -0.05) is 17.8 Å². The summed E-state index contributed by atoms with van der Waals surface area (Å²) in [6.45, 7) is 5.04. The minimum atomic E-state index is 0.898. The van der Waals surface area contributed by atoms with E-state index in [-0.39, 0.29) is 0 Å². The predicted octanol–water partition coefficient (Wildman–Crippen LogP) is 0.800. The lowest BCUT2D eigenvalue weighted by Crippen LogP contribution is -2.24. The largest absolute Gasteiger partial charge is 0.318 e. The third kappa shape index (κ3) is 3.69. The smallest absolute Gasteiger partial charge is 0.0800 e. The van der Waals surface area contributed by atoms with Crippen molar-refractivity contribution in [3.8, 4) is 0 Å². The van der Waals surface area contributed by atoms with Crippen LogP contribution in [-0.2, 0) is 13.0 Å². The highest BCUT2D eigenvalue weighted by molar-refractivity contribution is 7.05. The molecule has 0 aliphatic rings. The maximum atomic E-state index is 4.12. The molecule has 1 heterocycles. The fourth-order valence-corrected chi connectivity index (χ4v) is 1.86. The Morgan fingerprint density at radius 3 is 2.93 bits per heavy atom. The van der Waals surface area contributed by atoms with E-state index >= 15 is 0 Å². The molecule has 0 fully saturated rings. The summed E-state index contributed by atoms with van der Waals surface area (Å²) in [6, 6.07) is 0. The third-order valence-electron chi connectivity index (χ3n) is 1.96. The zero-order chi connectivity index (χ0) is 10.2. The number of hydrogen-bond donors (Lipinski definition) is 2. The lowest BCUT2D eigenvalue weighted by atomic mass is 10.2. The zero-order valence-electron chi connectivity index (χ0n) is 8.84. The van der Waals surface area contributed by atoms with E-state index in [1.807, 2.05) is 7.05 Å². The van der Waals surface area contributed by atoms with Crippen molar-refractivity contribution >= 4 is 11.5 Å². The molecule has 0 saturated carbocycles. The fourth-order valence-electron chi connectivity index (χ4n) is 1.20. The van der Waals surface area contributed by atoms with E-state index in [0.717, 1.165) is 38.2 Å². The molecule has 0 aliphatic heterocycles. The molecular formula is C9H18N4S. The Kier molecular flexibility index (Phi) is 5.66. The highest BCUT2D eigenvalue weighted by Gasteiger charge is 2.05. The second kappa shape index (κ2) is 6.86. The summed E-state index contributed by atoms with van der Waals surface area (Å²) in [6.07, 6.45) is 2.18. The Morgan fingerprint density at radius 2 is 2.21 bits per heavy atom. The van der Waals surface area contributed by atoms with E-state index < -0.39 is 0 Å². The molecule has 5 heteroatoms. The average molecular weight is 214 g/mol. The topological polar surface area (TPSA) is 49.8 Å². The zero-order valence-corrected chi connectivity index (χ0v) is 9.65. The van der Waals surface area contributed by atoms with Crippen molar-refractivity contribution in [2.75, 3.05) is 20.1 Å². The van der Waals surface area contributed by atoms with Crippen LogP contribution in [0.1, 0.15) is 23.9 Å². The highest BCUT2D eigenvalue weighted by Crippen LogP contribution is 2.11. The van der Waals surface area contributed by atoms with E-state index in [0.29, 0.717) is 0 Å². The van der Waals surface area contributed by atoms with Crippen LogP contribution in [0, 0.1) is 0 Å². The van der Waals surface area contributed by atoms with Crippen LogP contribution in [0.25, 0.3) is 0 Å². The molecule has 14 heavy (non-hydrogen) atoms. The molecule has 1 aromatic heterocycles. The Hall–Kier alpha value is -0.520. The molecule has 0 radical (unpaired) electrons. The first kappa shape index (κ1) is 11.6. The van der Waals surface area contributed by atoms with Crippen molar-refractivity contribution in [3.63, 3.8) is 0 Å². The number of hydrogen-bond acceptors (Lipinski definition) is 5. The molecule has 0 unspecified atom stereocenters. The van der Waals surface area contributed by atoms with Crippen molar-refractivity contribution < 1.29 is 0 Å². The summed E-state index contributed by atoms with van der Waals surface area (Å²) in [5.41, 5.74) is 1.16. The minimum absolute atomic E-state index is 0.898. The summed E-state index contributed by atoms with van der Waals surface area (Å²) in [4.78, 5) is 1.28. The molecule has 1 aromatic rings. The number of aromatic nitrogens is 2. The van der Waals surface area contributed by atoms with Crippen molar-refractivity contribution in [2.24, 2.45) is 0 Å². The van der Waals surface area contributed by atoms with Crippen molar-refractivity contribution in [1.29, 1.82) is 0 Å². The van der Waals surface area contributed by atoms with Gasteiger partial charge in [-0.15, -0.1) is 5.10 Å². The second-order valence-corrected chi connectivity index (χ2v) is 4.01. The number of nitrogens with zero attached hydrogens (tertiary/aromatic N) is 2. The van der Waals surface area contributed by atoms with Crippen LogP contribution in [-0.4, -0.2) is 29.7 Å². The summed E-state index contributed by atoms with van der Waals surface area (Å²) in [5, 5.41) is 10.6. The van der Waals surface area contributed by atoms with Gasteiger partial charge in [0.15, 0.2) is 0 Å². The fraction of sp³-hybridized carbons (Fsp3) is 0.778. The van der Waals surface area contributed by atoms with Crippen LogP contribution in [0.2, 0.25) is 0 Å². The van der Waals surface area contributed by atoms with Crippen LogP contribution in [0.4, 0.5) is 0 Å². The van der Waals surface area contributed by atoms with Crippen LogP contribution in [0.5, 0.6) is 0 Å². The Bertz CT molecular complexity index is 249. The van der Waals surface area contributed by atoms with Gasteiger partial charge in [-0.05, 0) is 25.0 Å². The molecule has 0 bridgehead atoms. The molecule has 0 aromatic carbocycles. The molecule has 80 valence electrons. The molecule has 1 rings (SSSR count). The van der Waals surface area contributed by atoms with Crippen LogP contribution < -0.4 is 10.6 Å². The maximum Gasteiger partial charge on any atom is 0.0800 e. The molecule has 0 atom stereocenters. The molecule has 0 amide bonds. The number of nitrogens with one attached hydrogen (secondary N) is 2. The molecule has 2 N–H and O–H groups in total. The van der Waals surface area contributed by atoms with Gasteiger partial charge in [0.2, 0.25) is 0 Å². The molecule has 4 nitrogen and oxygen atoms in total. The van der Waals surface area contributed by atoms with Gasteiger partial charge in [-0.2, -0.15) is 0 Å². The number of aryl methyl sites for hydroxylation is 1. The maximum absolute atomic E-state index is 4.12. The standard InChI is InChI=1S/C9H18N4S/c1-3-4-8-9(14-13-12-8)7-11-6-5-10-2/h10-11H,3-7H2,1-2H3. The first-order valence-corrected chi connectivity index (χ1v) is 5.81. The van der Waals surface area contributed by atoms with Gasteiger partial charge in [0.1, 0.15) is 0 Å². The minimum Gasteiger partial charge on any atom is -0.318 e. The Labute approximate surface area is 89.3 Å². The Balaban J connectivity index is 2.30. The predicted molar refractivity (Wildman–Crippen MR) is 59.5 cm³/mol. The normalized spacial score (nSPS) is 10.7. The second-order valence-electron chi connectivity index (χ2n) is 3.17. The summed E-state index contributed by atoms with van der Waals surface area (Å²) in [5.74, 6) is 0. The molecule has 0 aliphatic carbocycles. The third-order valence-corrected chi connectivity index (χ3v) is 2.72. The van der Waals surface area contributed by atoms with E-state index in [2.05, 4.69) is 27.1 Å². The van der Waals surface area contributed by atoms with Crippen molar-refractivity contribution in [2.45, 2.75) is 26.3 Å². The first-order valence-electron chi connectivity index (χ1n) is 5.04. The lowest BCUT2D eigenvalue weighted by molar-refractivity contribution is 0.650. The first-order chi connectivity index (χ1) is 6.88. The quantitative estimate of drug-likeness (QED) is 0.659. The average Bonchev–Trinajstić information content (AvgIpc) is 2.61. The van der Waals surface area contributed by atoms with E-state index in [4.69, 9.17) is 0 Å². The SMILES string of the molecule is CCCc1nnsc1CNCCNC. The summed E-state index contributed by atoms with van der Waals surface area (Å²) in [7, 11) is 1.96. The number of likely N-dealkylation sites (N-methyl/N-ethyl adjacent to an activating group) is 1. The van der Waals surface area contributed by atoms with Crippen LogP contribution in [0.3, 0.4) is 0 Å². The van der Waals surface area contributed by atoms with Gasteiger partial charge in [0.05, 0.1) is 10.6 Å². The van der Waals surface area contributed by atoms with Gasteiger partial charge >= 0.3 is 0 Å². The molecule has 0 saturated heterocycles. The van der Waals surface area contributed by atoms with Crippen LogP contribution in [0.15, 0.2) is 0 Å². The highest BCUT2D eigenvalue weighted by atomic mass is 32.1. The van der Waals surface area contributed by atoms with Gasteiger partial charge in [0.25, 0.3) is 0 Å². The van der Waals surface area contributed by atoms with E-state index in [9.17, 15) is 0 Å². The summed E-state index contributed by atoms with van der Waals surface area (Å²) < 4.78 is 3.98. The molecular weight excluding hydrogens is 196 g/mol. The summed E-state index contributed by atoms with van der Waals surface area (Å²) >= 11 is 1.50. The molecule has 0 spiro atoms. The van der Waals surface area contributed by atoms with Gasteiger partial charge in [-0.25, -0.2) is 0 Å². The van der Waals surface area contributed by atoms with Gasteiger partial charge in [-0.3, -0.25) is 0 Å². The lowest BCUT2D eigenvalue weighted by Gasteiger charge is -2.02. The van der Waals surface area contributed by atoms with Gasteiger partial charge < -0.3 is 10.6 Å². The van der Waals surface area contributed by atoms with Crippen molar-refractivity contribution in [3.05, 3.63) is 10.6 Å². The van der Waals surface area contributed by atoms with E-state index in [1.54, 1.807) is 0 Å². The van der Waals surface area contributed by atoms with Crippen LogP contribution >= 0.6 is 11.5 Å². The number of rotatable bonds is 7. The Morgan fingerprint density at radius 1 is 1.36 bits per heavy atom. The van der Waals surface area contributed by atoms with Crippen molar-refractivity contribution in [1.82, 2.24) is 20.2 Å². The monoisotopic (exact) mass is 214 g/mol. The van der Waals surface area contributed by atoms with Gasteiger partial charge in [0, 0.05) is 19.6 Å². The van der Waals surface area contributed by atoms with E-state index in [1.165, 1.54) is 16.4 Å².